The summed E-state index contributed by atoms with van der Waals surface area (Å²) in [6, 6.07) is 0. The number of allylic oxidation sites excluding steroid dienone is 3. The van der Waals surface area contributed by atoms with Gasteiger partial charge >= 0.3 is 0 Å². The van der Waals surface area contributed by atoms with Crippen molar-refractivity contribution in [2.45, 2.75) is 240 Å². The largest absolute Gasteiger partial charge is 0.379 e. The molecule has 0 aromatic rings. The van der Waals surface area contributed by atoms with Gasteiger partial charge in [0, 0.05) is 13.2 Å². The summed E-state index contributed by atoms with van der Waals surface area (Å²) in [5, 5.41) is 0. The third-order valence-electron chi connectivity index (χ3n) is 17.7. The molecule has 0 radical (unpaired) electrons. The fraction of sp³-hybridized carbons (Fsp3) is 0.931. The lowest BCUT2D eigenvalue weighted by molar-refractivity contribution is -0.0734. The lowest BCUT2D eigenvalue weighted by Gasteiger charge is -2.58. The van der Waals surface area contributed by atoms with Gasteiger partial charge in [0.2, 0.25) is 0 Å². The summed E-state index contributed by atoms with van der Waals surface area (Å²) in [7, 11) is 0. The van der Waals surface area contributed by atoms with Gasteiger partial charge in [-0.3, -0.25) is 0 Å². The molecule has 0 aromatic heterocycles. The van der Waals surface area contributed by atoms with E-state index in [9.17, 15) is 0 Å². The molecule has 5 heteroatoms. The van der Waals surface area contributed by atoms with Crippen LogP contribution in [0.4, 0.5) is 0 Å². The van der Waals surface area contributed by atoms with E-state index in [1.54, 1.807) is 5.57 Å². The normalized spacial score (nSPS) is 30.0. The predicted octanol–water partition coefficient (Wildman–Crippen LogP) is 15.7. The fourth-order valence-electron chi connectivity index (χ4n) is 13.9. The van der Waals surface area contributed by atoms with Crippen LogP contribution in [0, 0.1) is 46.3 Å². The van der Waals surface area contributed by atoms with Crippen molar-refractivity contribution in [3.8, 4) is 0 Å². The Hall–Kier alpha value is -0.720. The van der Waals surface area contributed by atoms with Gasteiger partial charge in [-0.05, 0) is 156 Å². The number of likely N-dealkylation sites (tertiary alicyclic amines) is 1. The van der Waals surface area contributed by atoms with E-state index >= 15 is 0 Å². The number of nitrogens with zero attached hydrogens (tertiary/aromatic N) is 1. The number of hydrogen-bond acceptors (Lipinski definition) is 5. The molecular weight excluding hydrogens is 775 g/mol. The van der Waals surface area contributed by atoms with Crippen molar-refractivity contribution in [2.75, 3.05) is 59.3 Å². The minimum Gasteiger partial charge on any atom is -0.379 e. The molecule has 3 saturated carbocycles. The number of unbranched alkanes of at least 4 members (excludes halogenated alkanes) is 12. The number of fused-ring (bicyclic) bond motifs is 5. The van der Waals surface area contributed by atoms with Crippen molar-refractivity contribution in [1.29, 1.82) is 0 Å². The highest BCUT2D eigenvalue weighted by Gasteiger charge is 2.59. The Kier molecular flexibility index (Phi) is 25.3. The molecule has 1 saturated heterocycles. The molecule has 366 valence electrons. The zero-order valence-corrected chi connectivity index (χ0v) is 42.8. The third-order valence-corrected chi connectivity index (χ3v) is 17.7. The molecule has 0 N–H and O–H groups in total. The summed E-state index contributed by atoms with van der Waals surface area (Å²) >= 11 is 0. The summed E-state index contributed by atoms with van der Waals surface area (Å²) in [6.45, 7) is 22.6. The molecule has 4 aliphatic carbocycles. The van der Waals surface area contributed by atoms with Gasteiger partial charge in [-0.2, -0.15) is 0 Å². The maximum atomic E-state index is 6.54. The maximum Gasteiger partial charge on any atom is 0.0936 e. The molecule has 5 nitrogen and oxygen atoms in total. The Bertz CT molecular complexity index is 1240. The zero-order valence-electron chi connectivity index (χ0n) is 42.8. The monoisotopic (exact) mass is 880 g/mol. The summed E-state index contributed by atoms with van der Waals surface area (Å²) in [6.07, 6.45) is 47.2. The summed E-state index contributed by atoms with van der Waals surface area (Å²) in [4.78, 5) is 2.61. The minimum absolute atomic E-state index is 0.119. The van der Waals surface area contributed by atoms with Gasteiger partial charge in [-0.15, -0.1) is 0 Å². The van der Waals surface area contributed by atoms with E-state index in [1.807, 2.05) is 0 Å². The Labute approximate surface area is 391 Å². The summed E-state index contributed by atoms with van der Waals surface area (Å²) in [5.74, 6) is 5.37. The Morgan fingerprint density at radius 3 is 2.11 bits per heavy atom. The fourth-order valence-corrected chi connectivity index (χ4v) is 13.9. The highest BCUT2D eigenvalue weighted by atomic mass is 16.6. The molecule has 5 aliphatic rings. The number of hydrogen-bond donors (Lipinski definition) is 0. The summed E-state index contributed by atoms with van der Waals surface area (Å²) in [5.41, 5.74) is 2.69. The first-order valence-corrected chi connectivity index (χ1v) is 28.2. The average molecular weight is 880 g/mol. The summed E-state index contributed by atoms with van der Waals surface area (Å²) < 4.78 is 25.4. The molecule has 1 heterocycles. The van der Waals surface area contributed by atoms with E-state index in [1.165, 1.54) is 186 Å². The Morgan fingerprint density at radius 1 is 0.683 bits per heavy atom. The van der Waals surface area contributed by atoms with Crippen molar-refractivity contribution in [3.63, 3.8) is 0 Å². The first-order valence-electron chi connectivity index (χ1n) is 28.2. The van der Waals surface area contributed by atoms with Crippen LogP contribution >= 0.6 is 0 Å². The SMILES string of the molecule is CCCCCCCC/C=C\CCCCCCCCOCC(CN1CCCCCC1)OCCOCCO[C@H]1CC[C@@]2(C)C(=CCC3[C@@H]2CC[C@]2(C)C(C(C)CCCC(C)C)CC[C@@H]32)C1. The van der Waals surface area contributed by atoms with Crippen molar-refractivity contribution >= 4 is 0 Å². The third kappa shape index (κ3) is 17.7. The highest BCUT2D eigenvalue weighted by Crippen LogP contribution is 2.67. The van der Waals surface area contributed by atoms with Gasteiger partial charge in [0.1, 0.15) is 0 Å². The van der Waals surface area contributed by atoms with Crippen molar-refractivity contribution in [2.24, 2.45) is 46.3 Å². The molecule has 4 fully saturated rings. The molecule has 0 spiro atoms. The van der Waals surface area contributed by atoms with Gasteiger partial charge in [0.05, 0.1) is 45.2 Å². The molecule has 4 unspecified atom stereocenters. The van der Waals surface area contributed by atoms with Crippen LogP contribution in [0.2, 0.25) is 0 Å². The molecular formula is C58H105NO4. The molecule has 0 aromatic carbocycles. The first-order chi connectivity index (χ1) is 30.7. The number of rotatable bonds is 33. The predicted molar refractivity (Wildman–Crippen MR) is 269 cm³/mol. The second-order valence-electron chi connectivity index (χ2n) is 22.9. The Balaban J connectivity index is 0.918. The van der Waals surface area contributed by atoms with Crippen LogP contribution in [0.25, 0.3) is 0 Å². The van der Waals surface area contributed by atoms with Gasteiger partial charge in [-0.1, -0.05) is 155 Å². The topological polar surface area (TPSA) is 40.2 Å². The minimum atomic E-state index is 0.119. The van der Waals surface area contributed by atoms with E-state index in [4.69, 9.17) is 18.9 Å². The van der Waals surface area contributed by atoms with Gasteiger partial charge < -0.3 is 23.8 Å². The van der Waals surface area contributed by atoms with E-state index in [0.717, 1.165) is 61.5 Å². The highest BCUT2D eigenvalue weighted by molar-refractivity contribution is 5.25. The quantitative estimate of drug-likeness (QED) is 0.0485. The zero-order chi connectivity index (χ0) is 44.6. The standard InChI is InChI=1S/C58H105NO4/c1-7-8-9-10-11-12-13-14-15-16-17-18-19-20-23-26-40-61-47-52(46-59-38-24-21-22-25-39-59)63-44-42-60-41-43-62-51-34-36-57(5)50(45-51)30-31-53-55-33-32-54(49(4)29-27-28-48(2)3)58(55,6)37-35-56(53)57/h14-15,30,48-49,51-56H,7-13,16-29,31-47H2,1-6H3/b15-14-/t49?,51-,52?,53?,54?,55-,56-,57-,58+/m0/s1. The van der Waals surface area contributed by atoms with Gasteiger partial charge in [0.25, 0.3) is 0 Å². The van der Waals surface area contributed by atoms with Crippen molar-refractivity contribution < 1.29 is 18.9 Å². The molecule has 1 aliphatic heterocycles. The van der Waals surface area contributed by atoms with E-state index in [-0.39, 0.29) is 6.10 Å². The lowest BCUT2D eigenvalue weighted by atomic mass is 9.47. The number of ether oxygens (including phenoxy) is 4. The lowest BCUT2D eigenvalue weighted by Crippen LogP contribution is -2.51. The van der Waals surface area contributed by atoms with Crippen molar-refractivity contribution in [3.05, 3.63) is 23.8 Å². The van der Waals surface area contributed by atoms with Crippen LogP contribution in [0.1, 0.15) is 228 Å². The van der Waals surface area contributed by atoms with E-state index < -0.39 is 0 Å². The van der Waals surface area contributed by atoms with Crippen LogP contribution < -0.4 is 0 Å². The van der Waals surface area contributed by atoms with Crippen molar-refractivity contribution in [1.82, 2.24) is 4.90 Å². The second kappa shape index (κ2) is 29.9. The Morgan fingerprint density at radius 2 is 1.38 bits per heavy atom. The van der Waals surface area contributed by atoms with Gasteiger partial charge in [-0.25, -0.2) is 0 Å². The van der Waals surface area contributed by atoms with Crippen LogP contribution in [0.15, 0.2) is 23.8 Å². The smallest absolute Gasteiger partial charge is 0.0936 e. The van der Waals surface area contributed by atoms with Crippen LogP contribution in [0.3, 0.4) is 0 Å². The average Bonchev–Trinajstić information content (AvgIpc) is 3.42. The second-order valence-corrected chi connectivity index (χ2v) is 22.9. The molecule has 63 heavy (non-hydrogen) atoms. The van der Waals surface area contributed by atoms with E-state index in [0.29, 0.717) is 50.0 Å². The molecule has 5 rings (SSSR count). The maximum absolute atomic E-state index is 6.54. The van der Waals surface area contributed by atoms with Gasteiger partial charge in [0.15, 0.2) is 0 Å². The first kappa shape index (κ1) is 53.2. The van der Waals surface area contributed by atoms with E-state index in [2.05, 4.69) is 64.7 Å². The van der Waals surface area contributed by atoms with Crippen LogP contribution in [-0.4, -0.2) is 76.4 Å². The molecule has 0 amide bonds. The van der Waals surface area contributed by atoms with Crippen LogP contribution in [0.5, 0.6) is 0 Å². The van der Waals surface area contributed by atoms with Crippen LogP contribution in [-0.2, 0) is 18.9 Å². The molecule has 9 atom stereocenters. The molecule has 0 bridgehead atoms.